The van der Waals surface area contributed by atoms with Gasteiger partial charge in [-0.25, -0.2) is 0 Å². The molecule has 1 N–H and O–H groups in total. The van der Waals surface area contributed by atoms with Crippen molar-refractivity contribution in [3.05, 3.63) is 54.7 Å². The predicted molar refractivity (Wildman–Crippen MR) is 102 cm³/mol. The number of pyridine rings is 1. The molecular weight excluding hydrogens is 312 g/mol. The maximum Gasteiger partial charge on any atom is 0.151 e. The Hall–Kier alpha value is -3.27. The van der Waals surface area contributed by atoms with E-state index in [-0.39, 0.29) is 0 Å². The molecule has 4 nitrogen and oxygen atoms in total. The minimum absolute atomic E-state index is 0.820. The van der Waals surface area contributed by atoms with Crippen LogP contribution in [-0.4, -0.2) is 24.2 Å². The number of para-hydroxylation sites is 2. The van der Waals surface area contributed by atoms with Gasteiger partial charge in [-0.1, -0.05) is 36.4 Å². The topological polar surface area (TPSA) is 47.1 Å². The summed E-state index contributed by atoms with van der Waals surface area (Å²) in [5.41, 5.74) is 2.94. The second kappa shape index (κ2) is 5.11. The zero-order valence-corrected chi connectivity index (χ0v) is 14.0. The highest BCUT2D eigenvalue weighted by Crippen LogP contribution is 2.47. The first-order chi connectivity index (χ1) is 12.3. The molecule has 3 aromatic carbocycles. The van der Waals surface area contributed by atoms with Gasteiger partial charge in [0.1, 0.15) is 5.75 Å². The molecule has 0 aliphatic rings. The second-order valence-corrected chi connectivity index (χ2v) is 6.05. The summed E-state index contributed by atoms with van der Waals surface area (Å²) in [4.78, 5) is 8.12. The lowest BCUT2D eigenvalue weighted by Crippen LogP contribution is -1.94. The summed E-state index contributed by atoms with van der Waals surface area (Å²) >= 11 is 0. The molecule has 0 amide bonds. The lowest BCUT2D eigenvalue weighted by Gasteiger charge is -2.14. The van der Waals surface area contributed by atoms with Crippen LogP contribution in [0.1, 0.15) is 0 Å². The molecule has 0 aliphatic heterocycles. The molecule has 0 unspecified atom stereocenters. The summed E-state index contributed by atoms with van der Waals surface area (Å²) in [6, 6.07) is 16.3. The Kier molecular flexibility index (Phi) is 2.88. The molecule has 0 fully saturated rings. The number of hydrogen-bond donors (Lipinski definition) is 1. The van der Waals surface area contributed by atoms with Crippen LogP contribution in [0.15, 0.2) is 54.7 Å². The van der Waals surface area contributed by atoms with Crippen LogP contribution in [0.5, 0.6) is 11.5 Å². The Bertz CT molecular complexity index is 1270. The van der Waals surface area contributed by atoms with E-state index in [0.29, 0.717) is 0 Å². The van der Waals surface area contributed by atoms with Crippen molar-refractivity contribution in [2.45, 2.75) is 0 Å². The molecule has 2 aromatic heterocycles. The van der Waals surface area contributed by atoms with Crippen LogP contribution in [0.4, 0.5) is 0 Å². The van der Waals surface area contributed by atoms with Gasteiger partial charge in [-0.05, 0) is 12.1 Å². The van der Waals surface area contributed by atoms with E-state index < -0.39 is 0 Å². The summed E-state index contributed by atoms with van der Waals surface area (Å²) in [6.07, 6.45) is 1.88. The lowest BCUT2D eigenvalue weighted by atomic mass is 10.0. The summed E-state index contributed by atoms with van der Waals surface area (Å²) in [5.74, 6) is 1.64. The fraction of sp³-hybridized carbons (Fsp3) is 0.0952. The molecule has 5 aromatic rings. The molecule has 0 atom stereocenters. The van der Waals surface area contributed by atoms with E-state index in [1.54, 1.807) is 14.2 Å². The largest absolute Gasteiger partial charge is 0.495 e. The molecule has 0 saturated carbocycles. The Balaban J connectivity index is 2.15. The Morgan fingerprint density at radius 1 is 0.760 bits per heavy atom. The molecule has 25 heavy (non-hydrogen) atoms. The van der Waals surface area contributed by atoms with Gasteiger partial charge in [-0.2, -0.15) is 0 Å². The minimum Gasteiger partial charge on any atom is -0.495 e. The number of aromatic amines is 1. The third kappa shape index (κ3) is 1.79. The first kappa shape index (κ1) is 14.1. The fourth-order valence-corrected chi connectivity index (χ4v) is 3.78. The third-order valence-electron chi connectivity index (χ3n) is 4.82. The number of hydrogen-bond acceptors (Lipinski definition) is 3. The molecule has 2 heterocycles. The van der Waals surface area contributed by atoms with Gasteiger partial charge in [0.05, 0.1) is 30.6 Å². The Morgan fingerprint density at radius 2 is 1.48 bits per heavy atom. The van der Waals surface area contributed by atoms with Gasteiger partial charge in [0.2, 0.25) is 0 Å². The zero-order chi connectivity index (χ0) is 17.0. The zero-order valence-electron chi connectivity index (χ0n) is 14.0. The van der Waals surface area contributed by atoms with Crippen LogP contribution < -0.4 is 9.47 Å². The lowest BCUT2D eigenvalue weighted by molar-refractivity contribution is 0.417. The van der Waals surface area contributed by atoms with Crippen LogP contribution >= 0.6 is 0 Å². The quantitative estimate of drug-likeness (QED) is 0.462. The number of ether oxygens (including phenoxy) is 2. The number of aromatic nitrogens is 2. The van der Waals surface area contributed by atoms with Gasteiger partial charge < -0.3 is 14.5 Å². The van der Waals surface area contributed by atoms with E-state index in [1.807, 2.05) is 36.5 Å². The SMILES string of the molecule is COc1c2[nH]c3ccccc3c2c(OC)c2cnc3ccccc3c12. The van der Waals surface area contributed by atoms with Crippen molar-refractivity contribution in [3.63, 3.8) is 0 Å². The number of methoxy groups -OCH3 is 2. The second-order valence-electron chi connectivity index (χ2n) is 6.05. The predicted octanol–water partition coefficient (Wildman–Crippen LogP) is 5.04. The van der Waals surface area contributed by atoms with Crippen LogP contribution in [0, 0.1) is 0 Å². The van der Waals surface area contributed by atoms with Gasteiger partial charge in [0.15, 0.2) is 5.75 Å². The third-order valence-corrected chi connectivity index (χ3v) is 4.82. The number of rotatable bonds is 2. The maximum atomic E-state index is 5.86. The van der Waals surface area contributed by atoms with E-state index in [2.05, 4.69) is 28.2 Å². The highest BCUT2D eigenvalue weighted by atomic mass is 16.5. The number of nitrogens with zero attached hydrogens (tertiary/aromatic N) is 1. The van der Waals surface area contributed by atoms with Crippen LogP contribution in [0.2, 0.25) is 0 Å². The first-order valence-electron chi connectivity index (χ1n) is 8.15. The highest BCUT2D eigenvalue weighted by Gasteiger charge is 2.21. The summed E-state index contributed by atoms with van der Waals surface area (Å²) < 4.78 is 11.7. The first-order valence-corrected chi connectivity index (χ1v) is 8.15. The molecule has 4 heteroatoms. The van der Waals surface area contributed by atoms with E-state index in [1.165, 1.54) is 0 Å². The normalized spacial score (nSPS) is 11.6. The fourth-order valence-electron chi connectivity index (χ4n) is 3.78. The van der Waals surface area contributed by atoms with Gasteiger partial charge in [0, 0.05) is 33.3 Å². The van der Waals surface area contributed by atoms with Crippen LogP contribution in [0.25, 0.3) is 43.5 Å². The average Bonchev–Trinajstić information content (AvgIpc) is 3.05. The number of nitrogens with one attached hydrogen (secondary N) is 1. The number of H-pyrrole nitrogens is 1. The van der Waals surface area contributed by atoms with Gasteiger partial charge >= 0.3 is 0 Å². The monoisotopic (exact) mass is 328 g/mol. The highest BCUT2D eigenvalue weighted by molar-refractivity contribution is 6.24. The van der Waals surface area contributed by atoms with Crippen molar-refractivity contribution < 1.29 is 9.47 Å². The smallest absolute Gasteiger partial charge is 0.151 e. The minimum atomic E-state index is 0.820. The number of benzene rings is 3. The maximum absolute atomic E-state index is 5.86. The summed E-state index contributed by atoms with van der Waals surface area (Å²) in [6.45, 7) is 0. The molecule has 0 saturated heterocycles. The van der Waals surface area contributed by atoms with Crippen LogP contribution in [0.3, 0.4) is 0 Å². The molecule has 0 spiro atoms. The average molecular weight is 328 g/mol. The van der Waals surface area contributed by atoms with Gasteiger partial charge in [-0.15, -0.1) is 0 Å². The standard InChI is InChI=1S/C21H16N2O2/c1-24-20-14-11-22-15-9-5-3-7-12(15)17(14)21(25-2)19-18(20)13-8-4-6-10-16(13)23-19/h3-11,23H,1-2H3. The van der Waals surface area contributed by atoms with Gasteiger partial charge in [0.25, 0.3) is 0 Å². The van der Waals surface area contributed by atoms with Crippen LogP contribution in [-0.2, 0) is 0 Å². The van der Waals surface area contributed by atoms with E-state index >= 15 is 0 Å². The summed E-state index contributed by atoms with van der Waals surface area (Å²) in [7, 11) is 3.42. The molecule has 122 valence electrons. The van der Waals surface area contributed by atoms with Crippen molar-refractivity contribution in [2.75, 3.05) is 14.2 Å². The van der Waals surface area contributed by atoms with Crippen molar-refractivity contribution in [2.24, 2.45) is 0 Å². The van der Waals surface area contributed by atoms with E-state index in [0.717, 1.165) is 55.0 Å². The van der Waals surface area contributed by atoms with Crippen molar-refractivity contribution in [1.29, 1.82) is 0 Å². The molecular formula is C21H16N2O2. The molecule has 0 bridgehead atoms. The number of fused-ring (bicyclic) bond motifs is 6. The summed E-state index contributed by atoms with van der Waals surface area (Å²) in [5, 5.41) is 5.16. The van der Waals surface area contributed by atoms with Crippen molar-refractivity contribution in [3.8, 4) is 11.5 Å². The Morgan fingerprint density at radius 3 is 2.28 bits per heavy atom. The van der Waals surface area contributed by atoms with Crippen molar-refractivity contribution in [1.82, 2.24) is 9.97 Å². The molecule has 5 rings (SSSR count). The van der Waals surface area contributed by atoms with E-state index in [4.69, 9.17) is 9.47 Å². The van der Waals surface area contributed by atoms with Crippen molar-refractivity contribution >= 4 is 43.5 Å². The molecule has 0 aliphatic carbocycles. The molecule has 0 radical (unpaired) electrons. The van der Waals surface area contributed by atoms with E-state index in [9.17, 15) is 0 Å². The van der Waals surface area contributed by atoms with Gasteiger partial charge in [-0.3, -0.25) is 4.98 Å². The Labute approximate surface area is 144 Å².